The lowest BCUT2D eigenvalue weighted by atomic mass is 10.1. The van der Waals surface area contributed by atoms with E-state index in [9.17, 15) is 4.79 Å². The van der Waals surface area contributed by atoms with E-state index in [1.54, 1.807) is 6.92 Å². The fourth-order valence-electron chi connectivity index (χ4n) is 1.07. The van der Waals surface area contributed by atoms with Crippen molar-refractivity contribution in [2.45, 2.75) is 6.92 Å². The molecule has 1 amide bonds. The van der Waals surface area contributed by atoms with Crippen LogP contribution in [0.15, 0.2) is 25.6 Å². The Bertz CT molecular complexity index is 386. The van der Waals surface area contributed by atoms with Crippen LogP contribution in [0.5, 0.6) is 0 Å². The maximum absolute atomic E-state index is 10.9. The first-order valence-electron chi connectivity index (χ1n) is 4.59. The van der Waals surface area contributed by atoms with Gasteiger partial charge in [0.2, 0.25) is 5.91 Å². The fraction of sp³-hybridized carbons (Fsp3) is 0.300. The number of amides is 1. The number of nitrogens with one attached hydrogen (secondary N) is 1. The van der Waals surface area contributed by atoms with Crippen LogP contribution in [0.25, 0.3) is 0 Å². The summed E-state index contributed by atoms with van der Waals surface area (Å²) in [4.78, 5) is 10.9. The van der Waals surface area contributed by atoms with Gasteiger partial charge in [-0.05, 0) is 44.0 Å². The Morgan fingerprint density at radius 1 is 1.38 bits per heavy atom. The van der Waals surface area contributed by atoms with Crippen LogP contribution >= 0.6 is 47.8 Å². The largest absolute Gasteiger partial charge is 0.382 e. The minimum atomic E-state index is -0.308. The summed E-state index contributed by atoms with van der Waals surface area (Å²) in [6, 6.07) is 3.87. The highest BCUT2D eigenvalue weighted by molar-refractivity contribution is 9.11. The lowest BCUT2D eigenvalue weighted by Gasteiger charge is -2.13. The molecule has 0 saturated carbocycles. The highest BCUT2D eigenvalue weighted by Crippen LogP contribution is 2.34. The van der Waals surface area contributed by atoms with Gasteiger partial charge in [-0.15, -0.1) is 0 Å². The molecular weight excluding hydrogens is 404 g/mol. The third-order valence-electron chi connectivity index (χ3n) is 2.08. The first kappa shape index (κ1) is 14.0. The second-order valence-electron chi connectivity index (χ2n) is 3.43. The van der Waals surface area contributed by atoms with E-state index < -0.39 is 0 Å². The SMILES string of the molecule is CC(CNc1c(Br)cc(Br)cc1Br)C(N)=O. The number of nitrogens with two attached hydrogens (primary N) is 1. The van der Waals surface area contributed by atoms with Gasteiger partial charge >= 0.3 is 0 Å². The Kier molecular flexibility index (Phi) is 5.27. The van der Waals surface area contributed by atoms with E-state index in [1.807, 2.05) is 12.1 Å². The van der Waals surface area contributed by atoms with E-state index in [2.05, 4.69) is 53.1 Å². The van der Waals surface area contributed by atoms with Crippen LogP contribution in [0, 0.1) is 5.92 Å². The molecule has 0 aliphatic heterocycles. The number of hydrogen-bond acceptors (Lipinski definition) is 2. The van der Waals surface area contributed by atoms with E-state index in [1.165, 1.54) is 0 Å². The molecule has 0 radical (unpaired) electrons. The molecule has 1 aromatic carbocycles. The molecule has 6 heteroatoms. The van der Waals surface area contributed by atoms with Crippen molar-refractivity contribution in [1.82, 2.24) is 0 Å². The molecule has 0 saturated heterocycles. The minimum absolute atomic E-state index is 0.206. The standard InChI is InChI=1S/C10H11Br3N2O/c1-5(10(14)16)4-15-9-7(12)2-6(11)3-8(9)13/h2-3,5,15H,4H2,1H3,(H2,14,16). The van der Waals surface area contributed by atoms with Crippen LogP contribution in [-0.2, 0) is 4.79 Å². The van der Waals surface area contributed by atoms with Gasteiger partial charge in [0.1, 0.15) is 0 Å². The molecule has 1 atom stereocenters. The quantitative estimate of drug-likeness (QED) is 0.792. The second kappa shape index (κ2) is 6.02. The van der Waals surface area contributed by atoms with Crippen molar-refractivity contribution in [2.75, 3.05) is 11.9 Å². The van der Waals surface area contributed by atoms with Crippen LogP contribution in [0.1, 0.15) is 6.92 Å². The maximum atomic E-state index is 10.9. The summed E-state index contributed by atoms with van der Waals surface area (Å²) in [6.07, 6.45) is 0. The van der Waals surface area contributed by atoms with Gasteiger partial charge < -0.3 is 11.1 Å². The predicted octanol–water partition coefficient (Wildman–Crippen LogP) is 3.51. The van der Waals surface area contributed by atoms with Crippen LogP contribution in [0.4, 0.5) is 5.69 Å². The number of carbonyl (C=O) groups excluding carboxylic acids is 1. The Morgan fingerprint density at radius 3 is 2.31 bits per heavy atom. The molecule has 1 unspecified atom stereocenters. The lowest BCUT2D eigenvalue weighted by Crippen LogP contribution is -2.26. The summed E-state index contributed by atoms with van der Waals surface area (Å²) in [5, 5.41) is 3.17. The van der Waals surface area contributed by atoms with Crippen LogP contribution in [-0.4, -0.2) is 12.5 Å². The van der Waals surface area contributed by atoms with Crippen molar-refractivity contribution in [1.29, 1.82) is 0 Å². The molecule has 0 heterocycles. The minimum Gasteiger partial charge on any atom is -0.382 e. The van der Waals surface area contributed by atoms with Crippen molar-refractivity contribution in [2.24, 2.45) is 11.7 Å². The van der Waals surface area contributed by atoms with Gasteiger partial charge in [0, 0.05) is 20.0 Å². The molecule has 0 aliphatic carbocycles. The topological polar surface area (TPSA) is 55.1 Å². The summed E-state index contributed by atoms with van der Waals surface area (Å²) < 4.78 is 2.82. The average Bonchev–Trinajstić information content (AvgIpc) is 2.15. The number of halogens is 3. The number of rotatable bonds is 4. The number of primary amides is 1. The first-order valence-corrected chi connectivity index (χ1v) is 6.97. The molecule has 3 N–H and O–H groups in total. The Labute approximate surface area is 120 Å². The number of anilines is 1. The maximum Gasteiger partial charge on any atom is 0.222 e. The van der Waals surface area contributed by atoms with Crippen LogP contribution < -0.4 is 11.1 Å². The monoisotopic (exact) mass is 412 g/mol. The highest BCUT2D eigenvalue weighted by atomic mass is 79.9. The summed E-state index contributed by atoms with van der Waals surface area (Å²) in [5.41, 5.74) is 6.10. The van der Waals surface area contributed by atoms with Gasteiger partial charge in [-0.25, -0.2) is 0 Å². The molecule has 88 valence electrons. The zero-order chi connectivity index (χ0) is 12.3. The molecule has 0 bridgehead atoms. The zero-order valence-electron chi connectivity index (χ0n) is 8.56. The van der Waals surface area contributed by atoms with Gasteiger partial charge in [0.15, 0.2) is 0 Å². The van der Waals surface area contributed by atoms with Crippen LogP contribution in [0.2, 0.25) is 0 Å². The summed E-state index contributed by atoms with van der Waals surface area (Å²) in [6.45, 7) is 2.30. The first-order chi connectivity index (χ1) is 7.41. The van der Waals surface area contributed by atoms with Gasteiger partial charge in [-0.2, -0.15) is 0 Å². The average molecular weight is 415 g/mol. The molecule has 16 heavy (non-hydrogen) atoms. The van der Waals surface area contributed by atoms with Crippen molar-refractivity contribution >= 4 is 59.4 Å². The molecule has 0 spiro atoms. The Hall–Kier alpha value is -0.0700. The van der Waals surface area contributed by atoms with Crippen molar-refractivity contribution in [3.05, 3.63) is 25.6 Å². The van der Waals surface area contributed by atoms with Crippen molar-refractivity contribution in [3.63, 3.8) is 0 Å². The fourth-order valence-corrected chi connectivity index (χ4v) is 3.61. The molecular formula is C10H11Br3N2O. The molecule has 1 rings (SSSR count). The zero-order valence-corrected chi connectivity index (χ0v) is 13.3. The predicted molar refractivity (Wildman–Crippen MR) is 76.4 cm³/mol. The lowest BCUT2D eigenvalue weighted by molar-refractivity contribution is -0.120. The summed E-state index contributed by atoms with van der Waals surface area (Å²) in [5.74, 6) is -0.515. The van der Waals surface area contributed by atoms with Gasteiger partial charge in [-0.3, -0.25) is 4.79 Å². The normalized spacial score (nSPS) is 12.2. The number of benzene rings is 1. The molecule has 3 nitrogen and oxygen atoms in total. The summed E-state index contributed by atoms with van der Waals surface area (Å²) in [7, 11) is 0. The third kappa shape index (κ3) is 3.75. The molecule has 0 aromatic heterocycles. The van der Waals surface area contributed by atoms with Crippen LogP contribution in [0.3, 0.4) is 0 Å². The van der Waals surface area contributed by atoms with E-state index >= 15 is 0 Å². The Balaban J connectivity index is 2.78. The van der Waals surface area contributed by atoms with E-state index in [0.717, 1.165) is 19.1 Å². The Morgan fingerprint density at radius 2 is 1.88 bits per heavy atom. The molecule has 1 aromatic rings. The van der Waals surface area contributed by atoms with Gasteiger partial charge in [-0.1, -0.05) is 22.9 Å². The van der Waals surface area contributed by atoms with E-state index in [-0.39, 0.29) is 11.8 Å². The smallest absolute Gasteiger partial charge is 0.222 e. The number of hydrogen-bond donors (Lipinski definition) is 2. The van der Waals surface area contributed by atoms with Crippen molar-refractivity contribution in [3.8, 4) is 0 Å². The van der Waals surface area contributed by atoms with Gasteiger partial charge in [0.05, 0.1) is 11.6 Å². The van der Waals surface area contributed by atoms with E-state index in [0.29, 0.717) is 6.54 Å². The molecule has 0 aliphatic rings. The summed E-state index contributed by atoms with van der Waals surface area (Å²) >= 11 is 10.3. The second-order valence-corrected chi connectivity index (χ2v) is 6.05. The third-order valence-corrected chi connectivity index (χ3v) is 3.79. The van der Waals surface area contributed by atoms with E-state index in [4.69, 9.17) is 5.73 Å². The van der Waals surface area contributed by atoms with Crippen molar-refractivity contribution < 1.29 is 4.79 Å². The number of carbonyl (C=O) groups is 1. The highest BCUT2D eigenvalue weighted by Gasteiger charge is 2.11. The van der Waals surface area contributed by atoms with Gasteiger partial charge in [0.25, 0.3) is 0 Å². The molecule has 0 fully saturated rings.